The third-order valence-electron chi connectivity index (χ3n) is 3.07. The fraction of sp³-hybridized carbons (Fsp3) is 0.310. The van der Waals surface area contributed by atoms with Crippen molar-refractivity contribution in [1.82, 2.24) is 20.4 Å². The average molecular weight is 627 g/mol. The van der Waals surface area contributed by atoms with E-state index >= 15 is 0 Å². The van der Waals surface area contributed by atoms with E-state index in [-0.39, 0.29) is 65.4 Å². The van der Waals surface area contributed by atoms with Gasteiger partial charge in [0.25, 0.3) is 0 Å². The van der Waals surface area contributed by atoms with Crippen LogP contribution >= 0.6 is 0 Å². The molecule has 2 heterocycles. The van der Waals surface area contributed by atoms with E-state index in [1.165, 1.54) is 5.56 Å². The molecule has 4 rings (SSSR count). The minimum atomic E-state index is 0. The maximum Gasteiger partial charge on any atom is 0.0929 e. The third kappa shape index (κ3) is 28.9. The number of hydrogen-bond donors (Lipinski definition) is 0. The van der Waals surface area contributed by atoms with E-state index in [1.54, 1.807) is 18.6 Å². The second-order valence-corrected chi connectivity index (χ2v) is 5.04. The summed E-state index contributed by atoms with van der Waals surface area (Å²) in [6, 6.07) is 27.7. The maximum absolute atomic E-state index is 4.00. The summed E-state index contributed by atoms with van der Waals surface area (Å²) in [5.74, 6) is 0. The quantitative estimate of drug-likeness (QED) is 0.212. The standard InChI is InChI=1S/C10H8N2.C7H8.C4H4N2.4C2H6.2Y/c1-2-5-9(6-3-1)10-7-4-8-11-12-10;1-7-5-3-2-4-6-7;1-2-4-6-5-3-1;4*1-2;;/h1-8H;2-6H,1H3;1-4H;4*1-2H3;;. The molecule has 2 aromatic heterocycles. The van der Waals surface area contributed by atoms with Gasteiger partial charge in [0, 0.05) is 89.6 Å². The van der Waals surface area contributed by atoms with Gasteiger partial charge in [-0.1, -0.05) is 122 Å². The molecule has 4 aromatic rings. The van der Waals surface area contributed by atoms with Crippen molar-refractivity contribution >= 4 is 0 Å². The van der Waals surface area contributed by atoms with Crippen LogP contribution < -0.4 is 0 Å². The SMILES string of the molecule is CC.CC.CC.CC.Cc1ccccc1.[Y].[Y].c1ccc(-c2cccnn2)cc1.c1ccnnc1. The Morgan fingerprint density at radius 1 is 0.429 bits per heavy atom. The zero-order chi connectivity index (χ0) is 25.6. The maximum atomic E-state index is 4.00. The molecule has 2 aromatic carbocycles. The predicted octanol–water partition coefficient (Wildman–Crippen LogP) is 8.72. The molecule has 2 radical (unpaired) electrons. The zero-order valence-electron chi connectivity index (χ0n) is 23.3. The van der Waals surface area contributed by atoms with Gasteiger partial charge in [0.2, 0.25) is 0 Å². The molecule has 0 aliphatic heterocycles. The first-order valence-electron chi connectivity index (χ1n) is 11.9. The smallest absolute Gasteiger partial charge is 0.0929 e. The Balaban J connectivity index is -0.000000114. The molecule has 0 amide bonds. The fourth-order valence-electron chi connectivity index (χ4n) is 1.85. The van der Waals surface area contributed by atoms with Crippen molar-refractivity contribution in [1.29, 1.82) is 0 Å². The normalized spacial score (nSPS) is 7.11. The van der Waals surface area contributed by atoms with Crippen LogP contribution in [0.3, 0.4) is 0 Å². The number of hydrogen-bond acceptors (Lipinski definition) is 4. The Morgan fingerprint density at radius 3 is 1.11 bits per heavy atom. The van der Waals surface area contributed by atoms with Gasteiger partial charge in [-0.05, 0) is 31.2 Å². The molecular weight excluding hydrogens is 582 g/mol. The van der Waals surface area contributed by atoms with Crippen LogP contribution in [-0.2, 0) is 65.4 Å². The van der Waals surface area contributed by atoms with Gasteiger partial charge in [0.15, 0.2) is 0 Å². The summed E-state index contributed by atoms with van der Waals surface area (Å²) in [5, 5.41) is 14.9. The molecular formula is C29H44N4Y2. The first-order valence-corrected chi connectivity index (χ1v) is 11.9. The van der Waals surface area contributed by atoms with Crippen LogP contribution in [0, 0.1) is 6.92 Å². The van der Waals surface area contributed by atoms with Gasteiger partial charge in [-0.2, -0.15) is 20.4 Å². The zero-order valence-corrected chi connectivity index (χ0v) is 28.9. The van der Waals surface area contributed by atoms with Gasteiger partial charge in [-0.3, -0.25) is 0 Å². The Bertz CT molecular complexity index is 740. The molecule has 0 aliphatic carbocycles. The van der Waals surface area contributed by atoms with Crippen LogP contribution in [0.5, 0.6) is 0 Å². The summed E-state index contributed by atoms with van der Waals surface area (Å²) >= 11 is 0. The Hall–Kier alpha value is -1.19. The molecule has 0 saturated carbocycles. The Morgan fingerprint density at radius 2 is 0.829 bits per heavy atom. The van der Waals surface area contributed by atoms with Crippen molar-refractivity contribution in [2.45, 2.75) is 62.3 Å². The summed E-state index contributed by atoms with van der Waals surface area (Å²) < 4.78 is 0. The summed E-state index contributed by atoms with van der Waals surface area (Å²) in [4.78, 5) is 0. The van der Waals surface area contributed by atoms with Gasteiger partial charge in [0.05, 0.1) is 5.69 Å². The molecule has 0 saturated heterocycles. The van der Waals surface area contributed by atoms with Crippen molar-refractivity contribution in [2.24, 2.45) is 0 Å². The summed E-state index contributed by atoms with van der Waals surface area (Å²) in [6.07, 6.45) is 4.95. The van der Waals surface area contributed by atoms with E-state index in [9.17, 15) is 0 Å². The monoisotopic (exact) mass is 626 g/mol. The van der Waals surface area contributed by atoms with Gasteiger partial charge in [-0.25, -0.2) is 0 Å². The number of aryl methyl sites for hydroxylation is 1. The van der Waals surface area contributed by atoms with E-state index in [0.29, 0.717) is 0 Å². The van der Waals surface area contributed by atoms with Crippen molar-refractivity contribution in [3.8, 4) is 11.3 Å². The molecule has 4 nitrogen and oxygen atoms in total. The van der Waals surface area contributed by atoms with Crippen LogP contribution in [0.1, 0.15) is 61.0 Å². The average Bonchev–Trinajstić information content (AvgIpc) is 2.96. The molecule has 0 bridgehead atoms. The second-order valence-electron chi connectivity index (χ2n) is 5.04. The first-order chi connectivity index (χ1) is 16.4. The van der Waals surface area contributed by atoms with E-state index in [4.69, 9.17) is 0 Å². The van der Waals surface area contributed by atoms with E-state index < -0.39 is 0 Å². The molecule has 0 unspecified atom stereocenters. The topological polar surface area (TPSA) is 51.6 Å². The Labute approximate surface area is 266 Å². The van der Waals surface area contributed by atoms with Gasteiger partial charge >= 0.3 is 0 Å². The van der Waals surface area contributed by atoms with Crippen molar-refractivity contribution in [2.75, 3.05) is 0 Å². The molecule has 186 valence electrons. The van der Waals surface area contributed by atoms with Crippen molar-refractivity contribution in [3.05, 3.63) is 109 Å². The summed E-state index contributed by atoms with van der Waals surface area (Å²) in [6.45, 7) is 18.1. The summed E-state index contributed by atoms with van der Waals surface area (Å²) in [5.41, 5.74) is 3.34. The van der Waals surface area contributed by atoms with Gasteiger partial charge < -0.3 is 0 Å². The molecule has 0 spiro atoms. The molecule has 6 heteroatoms. The summed E-state index contributed by atoms with van der Waals surface area (Å²) in [7, 11) is 0. The van der Waals surface area contributed by atoms with Crippen LogP contribution in [0.4, 0.5) is 0 Å². The van der Waals surface area contributed by atoms with Crippen LogP contribution in [-0.4, -0.2) is 20.4 Å². The first kappa shape index (κ1) is 43.8. The molecule has 0 N–H and O–H groups in total. The van der Waals surface area contributed by atoms with E-state index in [0.717, 1.165) is 11.3 Å². The van der Waals surface area contributed by atoms with Gasteiger partial charge in [-0.15, -0.1) is 0 Å². The van der Waals surface area contributed by atoms with Crippen LogP contribution in [0.15, 0.2) is 104 Å². The number of benzene rings is 2. The minimum absolute atomic E-state index is 0. The van der Waals surface area contributed by atoms with Gasteiger partial charge in [0.1, 0.15) is 0 Å². The van der Waals surface area contributed by atoms with Crippen LogP contribution in [0.2, 0.25) is 0 Å². The van der Waals surface area contributed by atoms with Crippen molar-refractivity contribution in [3.63, 3.8) is 0 Å². The third-order valence-corrected chi connectivity index (χ3v) is 3.07. The number of rotatable bonds is 1. The number of nitrogens with zero attached hydrogens (tertiary/aromatic N) is 4. The predicted molar refractivity (Wildman–Crippen MR) is 146 cm³/mol. The molecule has 35 heavy (non-hydrogen) atoms. The Kier molecular flexibility index (Phi) is 50.1. The van der Waals surface area contributed by atoms with Crippen molar-refractivity contribution < 1.29 is 65.4 Å². The molecule has 0 atom stereocenters. The minimum Gasteiger partial charge on any atom is -0.159 e. The largest absolute Gasteiger partial charge is 0.159 e. The fourth-order valence-corrected chi connectivity index (χ4v) is 1.85. The second kappa shape index (κ2) is 40.0. The van der Waals surface area contributed by atoms with E-state index in [2.05, 4.69) is 39.5 Å². The molecule has 0 fully saturated rings. The van der Waals surface area contributed by atoms with Crippen LogP contribution in [0.25, 0.3) is 11.3 Å². The molecule has 0 aliphatic rings. The van der Waals surface area contributed by atoms with E-state index in [1.807, 2.05) is 128 Å². The number of aromatic nitrogens is 4.